The quantitative estimate of drug-likeness (QED) is 0.775. The first-order valence-electron chi connectivity index (χ1n) is 6.60. The molecule has 4 N–H and O–H groups in total. The van der Waals surface area contributed by atoms with Crippen LogP contribution in [0.15, 0.2) is 24.3 Å². The summed E-state index contributed by atoms with van der Waals surface area (Å²) >= 11 is 0. The fourth-order valence-electron chi connectivity index (χ4n) is 2.41. The van der Waals surface area contributed by atoms with Crippen molar-refractivity contribution in [1.82, 2.24) is 5.32 Å². The molecular weight excluding hydrogens is 242 g/mol. The highest BCUT2D eigenvalue weighted by atomic mass is 16.5. The molecule has 5 heteroatoms. The zero-order valence-corrected chi connectivity index (χ0v) is 11.2. The van der Waals surface area contributed by atoms with Crippen LogP contribution in [0.2, 0.25) is 0 Å². The van der Waals surface area contributed by atoms with Crippen molar-refractivity contribution in [2.45, 2.75) is 38.0 Å². The molecule has 2 amide bonds. The number of methoxy groups -OCH3 is 1. The number of nitrogens with two attached hydrogens (primary N) is 1. The molecule has 19 heavy (non-hydrogen) atoms. The Morgan fingerprint density at radius 2 is 2.32 bits per heavy atom. The van der Waals surface area contributed by atoms with Crippen molar-refractivity contribution < 1.29 is 9.53 Å². The number of hydrogen-bond donors (Lipinski definition) is 3. The van der Waals surface area contributed by atoms with E-state index < -0.39 is 0 Å². The van der Waals surface area contributed by atoms with Crippen LogP contribution in [0.4, 0.5) is 10.5 Å². The monoisotopic (exact) mass is 263 g/mol. The van der Waals surface area contributed by atoms with Gasteiger partial charge in [0.1, 0.15) is 0 Å². The van der Waals surface area contributed by atoms with Gasteiger partial charge in [-0.25, -0.2) is 4.79 Å². The minimum atomic E-state index is -0.170. The van der Waals surface area contributed by atoms with E-state index in [0.717, 1.165) is 30.5 Å². The first-order valence-corrected chi connectivity index (χ1v) is 6.60. The summed E-state index contributed by atoms with van der Waals surface area (Å²) < 4.78 is 5.29. The first kappa shape index (κ1) is 13.8. The van der Waals surface area contributed by atoms with Crippen molar-refractivity contribution in [2.75, 3.05) is 12.4 Å². The van der Waals surface area contributed by atoms with Crippen molar-refractivity contribution in [3.8, 4) is 0 Å². The second kappa shape index (κ2) is 6.54. The SMILES string of the molecule is COC1CCC(NC(=O)Nc2cccc(CN)c2)C1. The van der Waals surface area contributed by atoms with Gasteiger partial charge in [0.05, 0.1) is 6.10 Å². The van der Waals surface area contributed by atoms with Gasteiger partial charge in [-0.05, 0) is 37.0 Å². The Kier molecular flexibility index (Phi) is 4.76. The van der Waals surface area contributed by atoms with Gasteiger partial charge in [-0.2, -0.15) is 0 Å². The highest BCUT2D eigenvalue weighted by Gasteiger charge is 2.25. The van der Waals surface area contributed by atoms with E-state index in [9.17, 15) is 4.79 Å². The van der Waals surface area contributed by atoms with Crippen LogP contribution in [0.1, 0.15) is 24.8 Å². The molecular formula is C14H21N3O2. The molecule has 2 rings (SSSR count). The predicted molar refractivity (Wildman–Crippen MR) is 74.9 cm³/mol. The third kappa shape index (κ3) is 3.94. The van der Waals surface area contributed by atoms with E-state index in [0.29, 0.717) is 6.54 Å². The molecule has 2 unspecified atom stereocenters. The van der Waals surface area contributed by atoms with Crippen LogP contribution in [0, 0.1) is 0 Å². The third-order valence-electron chi connectivity index (χ3n) is 3.47. The van der Waals surface area contributed by atoms with Gasteiger partial charge in [0, 0.05) is 25.4 Å². The van der Waals surface area contributed by atoms with E-state index >= 15 is 0 Å². The third-order valence-corrected chi connectivity index (χ3v) is 3.47. The van der Waals surface area contributed by atoms with Gasteiger partial charge in [0.2, 0.25) is 0 Å². The largest absolute Gasteiger partial charge is 0.381 e. The van der Waals surface area contributed by atoms with Gasteiger partial charge in [0.15, 0.2) is 0 Å². The zero-order chi connectivity index (χ0) is 13.7. The van der Waals surface area contributed by atoms with Crippen LogP contribution in [-0.2, 0) is 11.3 Å². The van der Waals surface area contributed by atoms with E-state index in [1.807, 2.05) is 24.3 Å². The highest BCUT2D eigenvalue weighted by Crippen LogP contribution is 2.21. The first-order chi connectivity index (χ1) is 9.21. The summed E-state index contributed by atoms with van der Waals surface area (Å²) in [6, 6.07) is 7.58. The van der Waals surface area contributed by atoms with Gasteiger partial charge in [0.25, 0.3) is 0 Å². The number of amides is 2. The summed E-state index contributed by atoms with van der Waals surface area (Å²) in [4.78, 5) is 11.9. The zero-order valence-electron chi connectivity index (χ0n) is 11.2. The lowest BCUT2D eigenvalue weighted by Gasteiger charge is -2.14. The molecule has 104 valence electrons. The molecule has 1 aromatic carbocycles. The molecule has 0 radical (unpaired) electrons. The van der Waals surface area contributed by atoms with E-state index in [1.54, 1.807) is 7.11 Å². The molecule has 1 aliphatic rings. The Hall–Kier alpha value is -1.59. The molecule has 0 saturated heterocycles. The summed E-state index contributed by atoms with van der Waals surface area (Å²) in [6.45, 7) is 0.468. The lowest BCUT2D eigenvalue weighted by molar-refractivity contribution is 0.107. The van der Waals surface area contributed by atoms with E-state index in [4.69, 9.17) is 10.5 Å². The lowest BCUT2D eigenvalue weighted by Crippen LogP contribution is -2.36. The van der Waals surface area contributed by atoms with Gasteiger partial charge in [-0.3, -0.25) is 0 Å². The predicted octanol–water partition coefficient (Wildman–Crippen LogP) is 1.83. The topological polar surface area (TPSA) is 76.4 Å². The fourth-order valence-corrected chi connectivity index (χ4v) is 2.41. The maximum Gasteiger partial charge on any atom is 0.319 e. The second-order valence-corrected chi connectivity index (χ2v) is 4.87. The molecule has 1 aromatic rings. The number of anilines is 1. The van der Waals surface area contributed by atoms with Gasteiger partial charge in [-0.15, -0.1) is 0 Å². The molecule has 2 atom stereocenters. The molecule has 0 heterocycles. The number of carbonyl (C=O) groups excluding carboxylic acids is 1. The Morgan fingerprint density at radius 1 is 1.47 bits per heavy atom. The fraction of sp³-hybridized carbons (Fsp3) is 0.500. The Bertz CT molecular complexity index is 436. The lowest BCUT2D eigenvalue weighted by atomic mass is 10.2. The maximum absolute atomic E-state index is 11.9. The minimum absolute atomic E-state index is 0.170. The standard InChI is InChI=1S/C14H21N3O2/c1-19-13-6-5-12(8-13)17-14(18)16-11-4-2-3-10(7-11)9-15/h2-4,7,12-13H,5-6,8-9,15H2,1H3,(H2,16,17,18). The van der Waals surface area contributed by atoms with E-state index in [2.05, 4.69) is 10.6 Å². The van der Waals surface area contributed by atoms with Crippen LogP contribution < -0.4 is 16.4 Å². The maximum atomic E-state index is 11.9. The van der Waals surface area contributed by atoms with Crippen molar-refractivity contribution in [2.24, 2.45) is 5.73 Å². The summed E-state index contributed by atoms with van der Waals surface area (Å²) in [5.41, 5.74) is 7.33. The number of nitrogens with one attached hydrogen (secondary N) is 2. The Balaban J connectivity index is 1.84. The average molecular weight is 263 g/mol. The molecule has 1 aliphatic carbocycles. The Morgan fingerprint density at radius 3 is 3.00 bits per heavy atom. The number of rotatable bonds is 4. The smallest absolute Gasteiger partial charge is 0.319 e. The Labute approximate surface area is 113 Å². The van der Waals surface area contributed by atoms with Gasteiger partial charge >= 0.3 is 6.03 Å². The summed E-state index contributed by atoms with van der Waals surface area (Å²) in [7, 11) is 1.71. The molecule has 0 spiro atoms. The molecule has 1 saturated carbocycles. The van der Waals surface area contributed by atoms with Crippen LogP contribution >= 0.6 is 0 Å². The van der Waals surface area contributed by atoms with Crippen LogP contribution in [0.25, 0.3) is 0 Å². The average Bonchev–Trinajstić information content (AvgIpc) is 2.86. The van der Waals surface area contributed by atoms with Crippen molar-refractivity contribution in [3.63, 3.8) is 0 Å². The number of benzene rings is 1. The molecule has 1 fully saturated rings. The van der Waals surface area contributed by atoms with Gasteiger partial charge < -0.3 is 21.1 Å². The molecule has 0 aromatic heterocycles. The summed E-state index contributed by atoms with van der Waals surface area (Å²) in [5.74, 6) is 0. The normalized spacial score (nSPS) is 22.2. The van der Waals surface area contributed by atoms with E-state index in [-0.39, 0.29) is 18.2 Å². The molecule has 0 aliphatic heterocycles. The summed E-state index contributed by atoms with van der Waals surface area (Å²) in [5, 5.41) is 5.80. The van der Waals surface area contributed by atoms with E-state index in [1.165, 1.54) is 0 Å². The minimum Gasteiger partial charge on any atom is -0.381 e. The van der Waals surface area contributed by atoms with Crippen molar-refractivity contribution in [1.29, 1.82) is 0 Å². The van der Waals surface area contributed by atoms with Crippen LogP contribution in [0.3, 0.4) is 0 Å². The second-order valence-electron chi connectivity index (χ2n) is 4.87. The number of urea groups is 1. The van der Waals surface area contributed by atoms with Gasteiger partial charge in [-0.1, -0.05) is 12.1 Å². The molecule has 0 bridgehead atoms. The number of hydrogen-bond acceptors (Lipinski definition) is 3. The van der Waals surface area contributed by atoms with Crippen LogP contribution in [0.5, 0.6) is 0 Å². The molecule has 5 nitrogen and oxygen atoms in total. The van der Waals surface area contributed by atoms with Crippen LogP contribution in [-0.4, -0.2) is 25.3 Å². The number of carbonyl (C=O) groups is 1. The summed E-state index contributed by atoms with van der Waals surface area (Å²) in [6.07, 6.45) is 3.12. The van der Waals surface area contributed by atoms with Crippen molar-refractivity contribution in [3.05, 3.63) is 29.8 Å². The van der Waals surface area contributed by atoms with Crippen molar-refractivity contribution >= 4 is 11.7 Å². The number of ether oxygens (including phenoxy) is 1. The highest BCUT2D eigenvalue weighted by molar-refractivity contribution is 5.89.